The van der Waals surface area contributed by atoms with Gasteiger partial charge in [0.25, 0.3) is 0 Å². The van der Waals surface area contributed by atoms with E-state index in [4.69, 9.17) is 5.73 Å². The van der Waals surface area contributed by atoms with Crippen molar-refractivity contribution in [3.05, 3.63) is 0 Å². The third kappa shape index (κ3) is 8.57. The maximum Gasteiger partial charge on any atom is 0.222 e. The molecule has 4 nitrogen and oxygen atoms in total. The molecular formula is C10H22N2O2S. The lowest BCUT2D eigenvalue weighted by Crippen LogP contribution is -2.38. The van der Waals surface area contributed by atoms with Gasteiger partial charge in [0.2, 0.25) is 5.91 Å². The molecule has 0 radical (unpaired) electrons. The Labute approximate surface area is 94.7 Å². The topological polar surface area (TPSA) is 63.4 Å². The van der Waals surface area contributed by atoms with E-state index in [2.05, 4.69) is 0 Å². The highest BCUT2D eigenvalue weighted by molar-refractivity contribution is 7.85. The third-order valence-electron chi connectivity index (χ3n) is 1.79. The average molecular weight is 234 g/mol. The van der Waals surface area contributed by atoms with Gasteiger partial charge in [-0.3, -0.25) is 9.00 Å². The first-order valence-electron chi connectivity index (χ1n) is 5.06. The Kier molecular flexibility index (Phi) is 6.05. The molecule has 0 saturated heterocycles. The van der Waals surface area contributed by atoms with E-state index in [-0.39, 0.29) is 5.91 Å². The van der Waals surface area contributed by atoms with Crippen LogP contribution >= 0.6 is 0 Å². The molecule has 0 heterocycles. The van der Waals surface area contributed by atoms with Crippen LogP contribution in [0.5, 0.6) is 0 Å². The first kappa shape index (κ1) is 14.6. The van der Waals surface area contributed by atoms with Gasteiger partial charge in [-0.2, -0.15) is 0 Å². The predicted octanol–water partition coefficient (Wildman–Crippen LogP) is 0.341. The zero-order chi connectivity index (χ0) is 12.1. The fraction of sp³-hybridized carbons (Fsp3) is 0.900. The molecule has 0 aliphatic carbocycles. The Morgan fingerprint density at radius 1 is 1.40 bits per heavy atom. The van der Waals surface area contributed by atoms with Gasteiger partial charge in [-0.15, -0.1) is 0 Å². The van der Waals surface area contributed by atoms with Gasteiger partial charge in [-0.25, -0.2) is 0 Å². The van der Waals surface area contributed by atoms with E-state index in [9.17, 15) is 9.00 Å². The second-order valence-electron chi connectivity index (χ2n) is 4.67. The summed E-state index contributed by atoms with van der Waals surface area (Å²) in [7, 11) is 2.53. The smallest absolute Gasteiger partial charge is 0.222 e. The number of rotatable bonds is 6. The maximum atomic E-state index is 11.5. The van der Waals surface area contributed by atoms with Crippen LogP contribution < -0.4 is 5.73 Å². The fourth-order valence-corrected chi connectivity index (χ4v) is 2.54. The highest BCUT2D eigenvalue weighted by atomic mass is 32.2. The van der Waals surface area contributed by atoms with Gasteiger partial charge in [0.05, 0.1) is 0 Å². The summed E-state index contributed by atoms with van der Waals surface area (Å²) >= 11 is 0. The Bertz CT molecular complexity index is 234. The molecule has 0 saturated carbocycles. The largest absolute Gasteiger partial charge is 0.349 e. The van der Waals surface area contributed by atoms with Gasteiger partial charge in [-0.05, 0) is 20.3 Å². The standard InChI is InChI=1S/C10H22N2O2S/c1-10(2,11)8-15(14)7-5-6-9(13)12(3)4/h5-8,11H2,1-4H3. The molecule has 90 valence electrons. The van der Waals surface area contributed by atoms with Crippen LogP contribution in [0.15, 0.2) is 0 Å². The summed E-state index contributed by atoms with van der Waals surface area (Å²) in [5, 5.41) is 0. The Morgan fingerprint density at radius 2 is 1.93 bits per heavy atom. The minimum atomic E-state index is -0.915. The monoisotopic (exact) mass is 234 g/mol. The SMILES string of the molecule is CN(C)C(=O)CCCS(=O)CC(C)(C)N. The minimum absolute atomic E-state index is 0.0824. The molecule has 0 aliphatic heterocycles. The van der Waals surface area contributed by atoms with Crippen molar-refractivity contribution in [3.8, 4) is 0 Å². The summed E-state index contributed by atoms with van der Waals surface area (Å²) in [4.78, 5) is 12.8. The van der Waals surface area contributed by atoms with E-state index in [1.807, 2.05) is 13.8 Å². The van der Waals surface area contributed by atoms with E-state index < -0.39 is 16.3 Å². The van der Waals surface area contributed by atoms with E-state index in [1.165, 1.54) is 0 Å². The summed E-state index contributed by atoms with van der Waals surface area (Å²) in [6.45, 7) is 3.71. The maximum absolute atomic E-state index is 11.5. The predicted molar refractivity (Wildman–Crippen MR) is 64.1 cm³/mol. The molecule has 15 heavy (non-hydrogen) atoms. The Morgan fingerprint density at radius 3 is 2.33 bits per heavy atom. The Hall–Kier alpha value is -0.420. The van der Waals surface area contributed by atoms with Crippen LogP contribution in [-0.2, 0) is 15.6 Å². The van der Waals surface area contributed by atoms with Crippen LogP contribution in [0.4, 0.5) is 0 Å². The van der Waals surface area contributed by atoms with Crippen molar-refractivity contribution in [2.24, 2.45) is 5.73 Å². The Balaban J connectivity index is 3.70. The number of nitrogens with zero attached hydrogens (tertiary/aromatic N) is 1. The van der Waals surface area contributed by atoms with Gasteiger partial charge in [0.15, 0.2) is 0 Å². The van der Waals surface area contributed by atoms with E-state index >= 15 is 0 Å². The van der Waals surface area contributed by atoms with Crippen molar-refractivity contribution in [2.75, 3.05) is 25.6 Å². The van der Waals surface area contributed by atoms with Crippen molar-refractivity contribution in [2.45, 2.75) is 32.2 Å². The van der Waals surface area contributed by atoms with Crippen LogP contribution in [0.25, 0.3) is 0 Å². The molecule has 1 atom stereocenters. The van der Waals surface area contributed by atoms with Crippen molar-refractivity contribution in [1.29, 1.82) is 0 Å². The molecule has 0 aromatic rings. The molecule has 1 unspecified atom stereocenters. The minimum Gasteiger partial charge on any atom is -0.349 e. The lowest BCUT2D eigenvalue weighted by molar-refractivity contribution is -0.128. The van der Waals surface area contributed by atoms with E-state index in [0.29, 0.717) is 24.3 Å². The lowest BCUT2D eigenvalue weighted by atomic mass is 10.1. The number of hydrogen-bond donors (Lipinski definition) is 1. The zero-order valence-electron chi connectivity index (χ0n) is 10.1. The molecule has 0 aromatic carbocycles. The summed E-state index contributed by atoms with van der Waals surface area (Å²) in [5.74, 6) is 1.13. The number of carbonyl (C=O) groups is 1. The van der Waals surface area contributed by atoms with Gasteiger partial charge in [0.1, 0.15) is 0 Å². The van der Waals surface area contributed by atoms with E-state index in [0.717, 1.165) is 0 Å². The normalized spacial score (nSPS) is 13.7. The second kappa shape index (κ2) is 6.23. The second-order valence-corrected chi connectivity index (χ2v) is 6.25. The summed E-state index contributed by atoms with van der Waals surface area (Å²) in [5.41, 5.74) is 5.36. The molecule has 0 spiro atoms. The first-order valence-corrected chi connectivity index (χ1v) is 6.55. The molecule has 1 amide bonds. The lowest BCUT2D eigenvalue weighted by Gasteiger charge is -2.17. The number of amides is 1. The molecule has 5 heteroatoms. The molecule has 0 bridgehead atoms. The van der Waals surface area contributed by atoms with Gasteiger partial charge >= 0.3 is 0 Å². The summed E-state index contributed by atoms with van der Waals surface area (Å²) in [6.07, 6.45) is 1.13. The first-order chi connectivity index (χ1) is 6.72. The number of hydrogen-bond acceptors (Lipinski definition) is 3. The fourth-order valence-electron chi connectivity index (χ4n) is 1.10. The molecule has 0 rings (SSSR count). The van der Waals surface area contributed by atoms with Gasteiger partial charge in [0, 0.05) is 48.4 Å². The average Bonchev–Trinajstić information content (AvgIpc) is 2.00. The van der Waals surface area contributed by atoms with Gasteiger partial charge < -0.3 is 10.6 Å². The molecular weight excluding hydrogens is 212 g/mol. The molecule has 2 N–H and O–H groups in total. The number of nitrogens with two attached hydrogens (primary N) is 1. The van der Waals surface area contributed by atoms with E-state index in [1.54, 1.807) is 19.0 Å². The highest BCUT2D eigenvalue weighted by Gasteiger charge is 2.15. The molecule has 0 fully saturated rings. The van der Waals surface area contributed by atoms with Crippen LogP contribution in [0.3, 0.4) is 0 Å². The van der Waals surface area contributed by atoms with Crippen LogP contribution in [0.2, 0.25) is 0 Å². The molecule has 0 aromatic heterocycles. The third-order valence-corrected chi connectivity index (χ3v) is 3.60. The summed E-state index contributed by atoms with van der Waals surface area (Å²) in [6, 6.07) is 0. The quantitative estimate of drug-likeness (QED) is 0.721. The summed E-state index contributed by atoms with van der Waals surface area (Å²) < 4.78 is 11.5. The van der Waals surface area contributed by atoms with Crippen LogP contribution in [-0.4, -0.2) is 46.2 Å². The highest BCUT2D eigenvalue weighted by Crippen LogP contribution is 2.03. The van der Waals surface area contributed by atoms with Crippen molar-refractivity contribution >= 4 is 16.7 Å². The van der Waals surface area contributed by atoms with Crippen molar-refractivity contribution < 1.29 is 9.00 Å². The zero-order valence-corrected chi connectivity index (χ0v) is 10.9. The van der Waals surface area contributed by atoms with Gasteiger partial charge in [-0.1, -0.05) is 0 Å². The van der Waals surface area contributed by atoms with Crippen molar-refractivity contribution in [3.63, 3.8) is 0 Å². The molecule has 0 aliphatic rings. The number of carbonyl (C=O) groups excluding carboxylic acids is 1. The van der Waals surface area contributed by atoms with Crippen molar-refractivity contribution in [1.82, 2.24) is 4.90 Å². The van der Waals surface area contributed by atoms with Crippen LogP contribution in [0, 0.1) is 0 Å². The van der Waals surface area contributed by atoms with Crippen LogP contribution in [0.1, 0.15) is 26.7 Å².